The summed E-state index contributed by atoms with van der Waals surface area (Å²) in [5.74, 6) is 2.61. The van der Waals surface area contributed by atoms with Gasteiger partial charge in [0.15, 0.2) is 23.0 Å². The molecule has 1 amide bonds. The third kappa shape index (κ3) is 4.50. The molecule has 2 aromatic carbocycles. The number of carbonyl (C=O) groups is 1. The Balaban J connectivity index is 1.32. The molecule has 0 aliphatic carbocycles. The van der Waals surface area contributed by atoms with Crippen LogP contribution in [0, 0.1) is 6.92 Å². The number of amides is 1. The standard InChI is InChI=1S/C27H27ClN6O4/c1-17-24-25(29-23(15-36-2)30-26(24)34(31-17)20-6-3-5-19(28)14-20)32-9-4-10-33(12-11-32)27(35)18-7-8-21-22(13-18)38-16-37-21/h3,5-8,13-14H,4,9-12,15-16H2,1-2H3. The van der Waals surface area contributed by atoms with E-state index in [0.29, 0.717) is 53.2 Å². The smallest absolute Gasteiger partial charge is 0.254 e. The van der Waals surface area contributed by atoms with Crippen molar-refractivity contribution in [3.63, 3.8) is 0 Å². The van der Waals surface area contributed by atoms with Gasteiger partial charge in [-0.25, -0.2) is 14.6 Å². The Labute approximate surface area is 224 Å². The van der Waals surface area contributed by atoms with Gasteiger partial charge in [0, 0.05) is 43.9 Å². The molecular weight excluding hydrogens is 508 g/mol. The highest BCUT2D eigenvalue weighted by molar-refractivity contribution is 6.30. The number of benzene rings is 2. The molecule has 11 heteroatoms. The van der Waals surface area contributed by atoms with Crippen LogP contribution in [0.15, 0.2) is 42.5 Å². The van der Waals surface area contributed by atoms with Crippen molar-refractivity contribution in [3.8, 4) is 17.2 Å². The molecule has 2 aliphatic heterocycles. The molecule has 1 fully saturated rings. The van der Waals surface area contributed by atoms with E-state index in [1.54, 1.807) is 30.0 Å². The van der Waals surface area contributed by atoms with Crippen LogP contribution < -0.4 is 14.4 Å². The highest BCUT2D eigenvalue weighted by Gasteiger charge is 2.26. The first-order chi connectivity index (χ1) is 18.5. The number of hydrogen-bond donors (Lipinski definition) is 0. The van der Waals surface area contributed by atoms with Crippen LogP contribution in [-0.4, -0.2) is 70.6 Å². The number of fused-ring (bicyclic) bond motifs is 2. The van der Waals surface area contributed by atoms with Crippen molar-refractivity contribution in [2.24, 2.45) is 0 Å². The number of carbonyl (C=O) groups excluding carboxylic acids is 1. The molecule has 4 aromatic rings. The first-order valence-electron chi connectivity index (χ1n) is 12.5. The molecule has 1 saturated heterocycles. The van der Waals surface area contributed by atoms with Crippen molar-refractivity contribution in [3.05, 3.63) is 64.6 Å². The van der Waals surface area contributed by atoms with E-state index < -0.39 is 0 Å². The number of nitrogens with zero attached hydrogens (tertiary/aromatic N) is 6. The van der Waals surface area contributed by atoms with Gasteiger partial charge in [-0.3, -0.25) is 4.79 Å². The average Bonchev–Trinajstić information content (AvgIpc) is 3.43. The van der Waals surface area contributed by atoms with Crippen LogP contribution in [0.1, 0.15) is 28.3 Å². The third-order valence-electron chi connectivity index (χ3n) is 6.76. The summed E-state index contributed by atoms with van der Waals surface area (Å²) in [7, 11) is 1.62. The zero-order chi connectivity index (χ0) is 26.2. The van der Waals surface area contributed by atoms with E-state index in [9.17, 15) is 4.79 Å². The lowest BCUT2D eigenvalue weighted by Gasteiger charge is -2.24. The van der Waals surface area contributed by atoms with E-state index in [1.165, 1.54) is 0 Å². The fourth-order valence-electron chi connectivity index (χ4n) is 4.96. The van der Waals surface area contributed by atoms with Crippen molar-refractivity contribution >= 4 is 34.4 Å². The lowest BCUT2D eigenvalue weighted by molar-refractivity contribution is 0.0766. The van der Waals surface area contributed by atoms with Crippen LogP contribution in [0.25, 0.3) is 16.7 Å². The molecule has 6 rings (SSSR count). The highest BCUT2D eigenvalue weighted by atomic mass is 35.5. The predicted octanol–water partition coefficient (Wildman–Crippen LogP) is 4.00. The summed E-state index contributed by atoms with van der Waals surface area (Å²) >= 11 is 6.27. The van der Waals surface area contributed by atoms with Gasteiger partial charge in [-0.2, -0.15) is 5.10 Å². The maximum absolute atomic E-state index is 13.3. The molecule has 0 bridgehead atoms. The minimum absolute atomic E-state index is 0.0250. The van der Waals surface area contributed by atoms with Crippen LogP contribution in [0.5, 0.6) is 11.5 Å². The molecule has 10 nitrogen and oxygen atoms in total. The Bertz CT molecular complexity index is 1520. The van der Waals surface area contributed by atoms with E-state index in [0.717, 1.165) is 35.6 Å². The maximum atomic E-state index is 13.3. The number of rotatable bonds is 5. The maximum Gasteiger partial charge on any atom is 0.254 e. The molecule has 0 saturated carbocycles. The van der Waals surface area contributed by atoms with Crippen LogP contribution in [0.2, 0.25) is 5.02 Å². The number of aryl methyl sites for hydroxylation is 1. The second-order valence-corrected chi connectivity index (χ2v) is 9.71. The summed E-state index contributed by atoms with van der Waals surface area (Å²) in [5.41, 5.74) is 2.92. The number of ether oxygens (including phenoxy) is 3. The van der Waals surface area contributed by atoms with Crippen molar-refractivity contribution in [2.75, 3.05) is 45.0 Å². The molecule has 196 valence electrons. The molecule has 0 spiro atoms. The van der Waals surface area contributed by atoms with Crippen molar-refractivity contribution in [2.45, 2.75) is 20.0 Å². The van der Waals surface area contributed by atoms with Crippen LogP contribution >= 0.6 is 11.6 Å². The fraction of sp³-hybridized carbons (Fsp3) is 0.333. The number of hydrogen-bond acceptors (Lipinski definition) is 8. The fourth-order valence-corrected chi connectivity index (χ4v) is 5.14. The van der Waals surface area contributed by atoms with Gasteiger partial charge in [0.1, 0.15) is 12.4 Å². The van der Waals surface area contributed by atoms with E-state index in [4.69, 9.17) is 40.9 Å². The zero-order valence-corrected chi connectivity index (χ0v) is 21.9. The Hall–Kier alpha value is -3.89. The molecule has 0 atom stereocenters. The van der Waals surface area contributed by atoms with Crippen molar-refractivity contribution in [1.82, 2.24) is 24.6 Å². The number of halogens is 1. The molecule has 2 aliphatic rings. The predicted molar refractivity (Wildman–Crippen MR) is 142 cm³/mol. The molecule has 2 aromatic heterocycles. The van der Waals surface area contributed by atoms with Gasteiger partial charge in [-0.05, 0) is 49.7 Å². The Morgan fingerprint density at radius 2 is 1.92 bits per heavy atom. The summed E-state index contributed by atoms with van der Waals surface area (Å²) in [5, 5.41) is 6.29. The van der Waals surface area contributed by atoms with Gasteiger partial charge in [0.2, 0.25) is 6.79 Å². The van der Waals surface area contributed by atoms with Gasteiger partial charge in [-0.1, -0.05) is 17.7 Å². The van der Waals surface area contributed by atoms with E-state index in [-0.39, 0.29) is 19.3 Å². The molecular formula is C27H27ClN6O4. The second-order valence-electron chi connectivity index (χ2n) is 9.27. The summed E-state index contributed by atoms with van der Waals surface area (Å²) in [4.78, 5) is 27.1. The quantitative estimate of drug-likeness (QED) is 0.379. The molecule has 0 N–H and O–H groups in total. The molecule has 0 unspecified atom stereocenters. The van der Waals surface area contributed by atoms with Gasteiger partial charge < -0.3 is 24.0 Å². The van der Waals surface area contributed by atoms with Crippen molar-refractivity contribution in [1.29, 1.82) is 0 Å². The summed E-state index contributed by atoms with van der Waals surface area (Å²) in [6.45, 7) is 4.97. The summed E-state index contributed by atoms with van der Waals surface area (Å²) < 4.78 is 18.0. The van der Waals surface area contributed by atoms with Crippen LogP contribution in [0.3, 0.4) is 0 Å². The minimum atomic E-state index is -0.0250. The molecule has 0 radical (unpaired) electrons. The average molecular weight is 535 g/mol. The highest BCUT2D eigenvalue weighted by Crippen LogP contribution is 2.33. The third-order valence-corrected chi connectivity index (χ3v) is 6.99. The largest absolute Gasteiger partial charge is 0.454 e. The number of aromatic nitrogens is 4. The Morgan fingerprint density at radius 1 is 1.05 bits per heavy atom. The Kier molecular flexibility index (Phi) is 6.50. The zero-order valence-electron chi connectivity index (χ0n) is 21.2. The molecule has 4 heterocycles. The SMILES string of the molecule is COCc1nc(N2CCCN(C(=O)c3ccc4c(c3)OCO4)CC2)c2c(C)nn(-c3cccc(Cl)c3)c2n1. The van der Waals surface area contributed by atoms with Gasteiger partial charge in [-0.15, -0.1) is 0 Å². The Morgan fingerprint density at radius 3 is 2.76 bits per heavy atom. The number of methoxy groups -OCH3 is 1. The van der Waals surface area contributed by atoms with Crippen molar-refractivity contribution < 1.29 is 19.0 Å². The normalized spacial score (nSPS) is 15.2. The second kappa shape index (κ2) is 10.1. The lowest BCUT2D eigenvalue weighted by atomic mass is 10.1. The number of anilines is 1. The van der Waals surface area contributed by atoms with Crippen LogP contribution in [0.4, 0.5) is 5.82 Å². The summed E-state index contributed by atoms with van der Waals surface area (Å²) in [6.07, 6.45) is 0.795. The molecule has 38 heavy (non-hydrogen) atoms. The van der Waals surface area contributed by atoms with E-state index in [2.05, 4.69) is 4.90 Å². The van der Waals surface area contributed by atoms with E-state index in [1.807, 2.05) is 36.1 Å². The first-order valence-corrected chi connectivity index (χ1v) is 12.8. The monoisotopic (exact) mass is 534 g/mol. The van der Waals surface area contributed by atoms with Gasteiger partial charge in [0.05, 0.1) is 16.8 Å². The van der Waals surface area contributed by atoms with Gasteiger partial charge in [0.25, 0.3) is 5.91 Å². The first kappa shape index (κ1) is 24.4. The lowest BCUT2D eigenvalue weighted by Crippen LogP contribution is -2.35. The minimum Gasteiger partial charge on any atom is -0.454 e. The van der Waals surface area contributed by atoms with Gasteiger partial charge >= 0.3 is 0 Å². The van der Waals surface area contributed by atoms with E-state index >= 15 is 0 Å². The topological polar surface area (TPSA) is 94.8 Å². The summed E-state index contributed by atoms with van der Waals surface area (Å²) in [6, 6.07) is 12.9. The van der Waals surface area contributed by atoms with Crippen LogP contribution in [-0.2, 0) is 11.3 Å².